The molecule has 0 atom stereocenters. The molecule has 0 unspecified atom stereocenters. The predicted molar refractivity (Wildman–Crippen MR) is 53.3 cm³/mol. The first-order valence-electron chi connectivity index (χ1n) is 4.44. The van der Waals surface area contributed by atoms with Gasteiger partial charge in [-0.2, -0.15) is 5.26 Å². The maximum atomic E-state index is 8.87. The van der Waals surface area contributed by atoms with Gasteiger partial charge in [-0.3, -0.25) is 0 Å². The van der Waals surface area contributed by atoms with Crippen LogP contribution in [0.3, 0.4) is 0 Å². The molecule has 1 heterocycles. The zero-order valence-electron chi connectivity index (χ0n) is 7.66. The van der Waals surface area contributed by atoms with Crippen molar-refractivity contribution in [2.45, 2.75) is 6.42 Å². The van der Waals surface area contributed by atoms with Crippen molar-refractivity contribution in [3.8, 4) is 11.8 Å². The van der Waals surface area contributed by atoms with Crippen molar-refractivity contribution in [3.63, 3.8) is 0 Å². The molecule has 1 aromatic rings. The number of para-hydroxylation sites is 1. The standard InChI is InChI=1S/C11H10N2O/c12-7-8-5-6-14-10-4-2-1-3-9(10)11(8)13/h1-4H,5-6,13H2. The lowest BCUT2D eigenvalue weighted by molar-refractivity contribution is 0.325. The Kier molecular flexibility index (Phi) is 2.11. The molecule has 14 heavy (non-hydrogen) atoms. The van der Waals surface area contributed by atoms with Gasteiger partial charge in [-0.05, 0) is 12.1 Å². The van der Waals surface area contributed by atoms with E-state index in [1.54, 1.807) is 0 Å². The second-order valence-corrected chi connectivity index (χ2v) is 3.10. The third-order valence-electron chi connectivity index (χ3n) is 2.25. The number of rotatable bonds is 0. The predicted octanol–water partition coefficient (Wildman–Crippen LogP) is 1.66. The average molecular weight is 186 g/mol. The summed E-state index contributed by atoms with van der Waals surface area (Å²) in [6, 6.07) is 9.62. The Labute approximate surface area is 82.4 Å². The summed E-state index contributed by atoms with van der Waals surface area (Å²) in [4.78, 5) is 0. The normalized spacial score (nSPS) is 15.1. The molecule has 0 aromatic heterocycles. The Bertz CT molecular complexity index is 429. The lowest BCUT2D eigenvalue weighted by Crippen LogP contribution is -1.99. The van der Waals surface area contributed by atoms with Gasteiger partial charge in [0.2, 0.25) is 0 Å². The Morgan fingerprint density at radius 3 is 2.93 bits per heavy atom. The topological polar surface area (TPSA) is 59.0 Å². The molecule has 3 nitrogen and oxygen atoms in total. The van der Waals surface area contributed by atoms with E-state index in [0.29, 0.717) is 24.3 Å². The second-order valence-electron chi connectivity index (χ2n) is 3.10. The van der Waals surface area contributed by atoms with Gasteiger partial charge in [0.05, 0.1) is 23.9 Å². The number of nitrogens with zero attached hydrogens (tertiary/aromatic N) is 1. The van der Waals surface area contributed by atoms with Crippen molar-refractivity contribution in [1.29, 1.82) is 5.26 Å². The smallest absolute Gasteiger partial charge is 0.128 e. The second kappa shape index (κ2) is 3.43. The van der Waals surface area contributed by atoms with Gasteiger partial charge in [-0.15, -0.1) is 0 Å². The molecule has 0 bridgehead atoms. The van der Waals surface area contributed by atoms with E-state index in [2.05, 4.69) is 6.07 Å². The van der Waals surface area contributed by atoms with E-state index < -0.39 is 0 Å². The van der Waals surface area contributed by atoms with E-state index in [-0.39, 0.29) is 0 Å². The molecule has 0 spiro atoms. The van der Waals surface area contributed by atoms with Crippen LogP contribution in [0, 0.1) is 11.3 Å². The molecule has 0 fully saturated rings. The SMILES string of the molecule is N#CC1=C(N)c2ccccc2OCC1. The van der Waals surface area contributed by atoms with Crippen LogP contribution < -0.4 is 10.5 Å². The molecule has 0 amide bonds. The van der Waals surface area contributed by atoms with E-state index in [0.717, 1.165) is 11.3 Å². The summed E-state index contributed by atoms with van der Waals surface area (Å²) >= 11 is 0. The zero-order valence-corrected chi connectivity index (χ0v) is 7.66. The molecule has 2 N–H and O–H groups in total. The number of fused-ring (bicyclic) bond motifs is 1. The molecule has 0 aliphatic carbocycles. The Morgan fingerprint density at radius 1 is 1.36 bits per heavy atom. The first-order chi connectivity index (χ1) is 6.83. The average Bonchev–Trinajstić information content (AvgIpc) is 2.39. The van der Waals surface area contributed by atoms with E-state index in [1.807, 2.05) is 24.3 Å². The highest BCUT2D eigenvalue weighted by Crippen LogP contribution is 2.28. The van der Waals surface area contributed by atoms with Crippen LogP contribution in [0.5, 0.6) is 5.75 Å². The zero-order chi connectivity index (χ0) is 9.97. The molecule has 3 heteroatoms. The largest absolute Gasteiger partial charge is 0.493 e. The monoisotopic (exact) mass is 186 g/mol. The van der Waals surface area contributed by atoms with Crippen molar-refractivity contribution < 1.29 is 4.74 Å². The summed E-state index contributed by atoms with van der Waals surface area (Å²) in [5, 5.41) is 8.87. The summed E-state index contributed by atoms with van der Waals surface area (Å²) in [6.07, 6.45) is 0.580. The molecule has 70 valence electrons. The van der Waals surface area contributed by atoms with Gasteiger partial charge in [0, 0.05) is 12.0 Å². The highest BCUT2D eigenvalue weighted by molar-refractivity contribution is 5.73. The molecule has 0 radical (unpaired) electrons. The fraction of sp³-hybridized carbons (Fsp3) is 0.182. The summed E-state index contributed by atoms with van der Waals surface area (Å²) in [5.41, 5.74) is 7.85. The van der Waals surface area contributed by atoms with Gasteiger partial charge in [0.25, 0.3) is 0 Å². The molecular formula is C11H10N2O. The Balaban J connectivity index is 2.59. The lowest BCUT2D eigenvalue weighted by atomic mass is 10.1. The maximum Gasteiger partial charge on any atom is 0.128 e. The highest BCUT2D eigenvalue weighted by atomic mass is 16.5. The van der Waals surface area contributed by atoms with Crippen molar-refractivity contribution in [1.82, 2.24) is 0 Å². The number of hydrogen-bond donors (Lipinski definition) is 1. The van der Waals surface area contributed by atoms with Crippen LogP contribution >= 0.6 is 0 Å². The van der Waals surface area contributed by atoms with E-state index in [4.69, 9.17) is 15.7 Å². The molecule has 0 saturated carbocycles. The summed E-state index contributed by atoms with van der Waals surface area (Å²) < 4.78 is 5.48. The van der Waals surface area contributed by atoms with Gasteiger partial charge in [0.15, 0.2) is 0 Å². The molecule has 2 rings (SSSR count). The maximum absolute atomic E-state index is 8.87. The van der Waals surface area contributed by atoms with E-state index in [1.165, 1.54) is 0 Å². The fourth-order valence-electron chi connectivity index (χ4n) is 1.49. The van der Waals surface area contributed by atoms with E-state index >= 15 is 0 Å². The molecule has 1 aliphatic heterocycles. The first kappa shape index (κ1) is 8.64. The quantitative estimate of drug-likeness (QED) is 0.670. The highest BCUT2D eigenvalue weighted by Gasteiger charge is 2.14. The minimum Gasteiger partial charge on any atom is -0.493 e. The van der Waals surface area contributed by atoms with E-state index in [9.17, 15) is 0 Å². The van der Waals surface area contributed by atoms with Crippen LogP contribution in [-0.4, -0.2) is 6.61 Å². The number of ether oxygens (including phenoxy) is 1. The van der Waals surface area contributed by atoms with Gasteiger partial charge >= 0.3 is 0 Å². The number of benzene rings is 1. The van der Waals surface area contributed by atoms with Gasteiger partial charge in [-0.1, -0.05) is 12.1 Å². The molecule has 0 saturated heterocycles. The van der Waals surface area contributed by atoms with Gasteiger partial charge in [0.1, 0.15) is 5.75 Å². The van der Waals surface area contributed by atoms with Crippen LogP contribution in [0.2, 0.25) is 0 Å². The van der Waals surface area contributed by atoms with Crippen LogP contribution in [0.15, 0.2) is 29.8 Å². The van der Waals surface area contributed by atoms with Gasteiger partial charge in [-0.25, -0.2) is 0 Å². The fourth-order valence-corrected chi connectivity index (χ4v) is 1.49. The minimum atomic E-state index is 0.514. The first-order valence-corrected chi connectivity index (χ1v) is 4.44. The third-order valence-corrected chi connectivity index (χ3v) is 2.25. The van der Waals surface area contributed by atoms with Crippen LogP contribution in [0.1, 0.15) is 12.0 Å². The molecule has 1 aromatic carbocycles. The van der Waals surface area contributed by atoms with Crippen molar-refractivity contribution in [2.24, 2.45) is 5.73 Å². The number of hydrogen-bond acceptors (Lipinski definition) is 3. The number of nitriles is 1. The van der Waals surface area contributed by atoms with Gasteiger partial charge < -0.3 is 10.5 Å². The molecular weight excluding hydrogens is 176 g/mol. The van der Waals surface area contributed by atoms with Crippen LogP contribution in [0.4, 0.5) is 0 Å². The van der Waals surface area contributed by atoms with Crippen molar-refractivity contribution in [2.75, 3.05) is 6.61 Å². The lowest BCUT2D eigenvalue weighted by Gasteiger charge is -2.06. The van der Waals surface area contributed by atoms with Crippen molar-refractivity contribution >= 4 is 5.70 Å². The summed E-state index contributed by atoms with van der Waals surface area (Å²) in [5.74, 6) is 0.759. The van der Waals surface area contributed by atoms with Crippen LogP contribution in [-0.2, 0) is 0 Å². The van der Waals surface area contributed by atoms with Crippen molar-refractivity contribution in [3.05, 3.63) is 35.4 Å². The molecule has 1 aliphatic rings. The Morgan fingerprint density at radius 2 is 2.14 bits per heavy atom. The summed E-state index contributed by atoms with van der Waals surface area (Å²) in [6.45, 7) is 0.514. The minimum absolute atomic E-state index is 0.514. The Hall–Kier alpha value is -1.95. The van der Waals surface area contributed by atoms with Crippen LogP contribution in [0.25, 0.3) is 5.70 Å². The summed E-state index contributed by atoms with van der Waals surface area (Å²) in [7, 11) is 0. The third kappa shape index (κ3) is 1.31. The number of nitrogens with two attached hydrogens (primary N) is 1.